The van der Waals surface area contributed by atoms with Crippen LogP contribution in [0.3, 0.4) is 0 Å². The number of fused-ring (bicyclic) bond motifs is 1. The Kier molecular flexibility index (Phi) is 5.53. The van der Waals surface area contributed by atoms with Gasteiger partial charge < -0.3 is 9.80 Å². The van der Waals surface area contributed by atoms with Crippen LogP contribution in [0, 0.1) is 12.8 Å². The van der Waals surface area contributed by atoms with Gasteiger partial charge in [-0.3, -0.25) is 9.59 Å². The third-order valence-electron chi connectivity index (χ3n) is 6.78. The maximum absolute atomic E-state index is 13.3. The first-order chi connectivity index (χ1) is 15.1. The van der Waals surface area contributed by atoms with Gasteiger partial charge in [0.15, 0.2) is 0 Å². The molecule has 0 radical (unpaired) electrons. The van der Waals surface area contributed by atoms with Crippen LogP contribution in [0.15, 0.2) is 54.6 Å². The number of benzene rings is 2. The fraction of sp³-hybridized carbons (Fsp3) is 0.385. The molecule has 4 nitrogen and oxygen atoms in total. The van der Waals surface area contributed by atoms with Crippen LogP contribution >= 0.6 is 11.3 Å². The van der Waals surface area contributed by atoms with Gasteiger partial charge in [-0.25, -0.2) is 0 Å². The number of hydrogen-bond donors (Lipinski definition) is 0. The quantitative estimate of drug-likeness (QED) is 0.554. The fourth-order valence-electron chi connectivity index (χ4n) is 5.11. The van der Waals surface area contributed by atoms with Crippen molar-refractivity contribution in [3.05, 3.63) is 69.9 Å². The number of aryl methyl sites for hydroxylation is 1. The highest BCUT2D eigenvalue weighted by Crippen LogP contribution is 2.37. The molecule has 2 aromatic carbocycles. The SMILES string of the molecule is Cc1ccc(C2CCCN2C(=O)C2CCN(C(=O)c3cccc4ccccc34)CC2)s1. The molecule has 1 atom stereocenters. The second-order valence-electron chi connectivity index (χ2n) is 8.73. The zero-order chi connectivity index (χ0) is 21.4. The lowest BCUT2D eigenvalue weighted by Crippen LogP contribution is -2.44. The molecule has 3 heterocycles. The third-order valence-corrected chi connectivity index (χ3v) is 7.88. The molecule has 2 saturated heterocycles. The maximum atomic E-state index is 13.3. The van der Waals surface area contributed by atoms with E-state index in [1.54, 1.807) is 0 Å². The average molecular weight is 433 g/mol. The number of carbonyl (C=O) groups excluding carboxylic acids is 2. The molecule has 31 heavy (non-hydrogen) atoms. The molecule has 0 saturated carbocycles. The normalized spacial score (nSPS) is 19.8. The smallest absolute Gasteiger partial charge is 0.254 e. The molecule has 0 N–H and O–H groups in total. The van der Waals surface area contributed by atoms with Crippen LogP contribution in [0.4, 0.5) is 0 Å². The van der Waals surface area contributed by atoms with Crippen molar-refractivity contribution >= 4 is 33.9 Å². The van der Waals surface area contributed by atoms with Crippen LogP contribution in [-0.4, -0.2) is 41.2 Å². The number of piperidine rings is 1. The molecular formula is C26H28N2O2S. The van der Waals surface area contributed by atoms with Gasteiger partial charge in [0.1, 0.15) is 0 Å². The van der Waals surface area contributed by atoms with Gasteiger partial charge in [0, 0.05) is 40.9 Å². The summed E-state index contributed by atoms with van der Waals surface area (Å²) in [5, 5.41) is 2.08. The van der Waals surface area contributed by atoms with Crippen LogP contribution in [-0.2, 0) is 4.79 Å². The van der Waals surface area contributed by atoms with E-state index in [-0.39, 0.29) is 23.8 Å². The van der Waals surface area contributed by atoms with Crippen LogP contribution in [0.2, 0.25) is 0 Å². The van der Waals surface area contributed by atoms with Gasteiger partial charge in [0.05, 0.1) is 6.04 Å². The van der Waals surface area contributed by atoms with Gasteiger partial charge in [0.2, 0.25) is 5.91 Å². The van der Waals surface area contributed by atoms with Gasteiger partial charge in [-0.2, -0.15) is 0 Å². The number of carbonyl (C=O) groups is 2. The van der Waals surface area contributed by atoms with Crippen molar-refractivity contribution in [1.29, 1.82) is 0 Å². The van der Waals surface area contributed by atoms with E-state index >= 15 is 0 Å². The molecule has 5 heteroatoms. The second kappa shape index (κ2) is 8.46. The van der Waals surface area contributed by atoms with E-state index in [1.165, 1.54) is 9.75 Å². The Bertz CT molecular complexity index is 1110. The summed E-state index contributed by atoms with van der Waals surface area (Å²) in [4.78, 5) is 33.2. The minimum Gasteiger partial charge on any atom is -0.339 e. The molecule has 160 valence electrons. The molecule has 3 aromatic rings. The highest BCUT2D eigenvalue weighted by molar-refractivity contribution is 7.12. The monoisotopic (exact) mass is 432 g/mol. The molecule has 2 fully saturated rings. The summed E-state index contributed by atoms with van der Waals surface area (Å²) in [5.41, 5.74) is 0.760. The van der Waals surface area contributed by atoms with E-state index in [0.717, 1.165) is 48.6 Å². The van der Waals surface area contributed by atoms with Gasteiger partial charge in [0.25, 0.3) is 5.91 Å². The zero-order valence-electron chi connectivity index (χ0n) is 17.9. The number of likely N-dealkylation sites (tertiary alicyclic amines) is 2. The lowest BCUT2D eigenvalue weighted by molar-refractivity contribution is -0.137. The lowest BCUT2D eigenvalue weighted by Gasteiger charge is -2.35. The van der Waals surface area contributed by atoms with E-state index in [0.29, 0.717) is 13.1 Å². The van der Waals surface area contributed by atoms with E-state index in [4.69, 9.17) is 0 Å². The predicted molar refractivity (Wildman–Crippen MR) is 125 cm³/mol. The van der Waals surface area contributed by atoms with Crippen LogP contribution < -0.4 is 0 Å². The summed E-state index contributed by atoms with van der Waals surface area (Å²) in [6, 6.07) is 18.5. The summed E-state index contributed by atoms with van der Waals surface area (Å²) in [6.45, 7) is 4.28. The number of amides is 2. The van der Waals surface area contributed by atoms with Gasteiger partial charge in [-0.05, 0) is 61.6 Å². The molecule has 1 unspecified atom stereocenters. The summed E-state index contributed by atoms with van der Waals surface area (Å²) in [5.74, 6) is 0.389. The molecule has 0 spiro atoms. The number of rotatable bonds is 3. The van der Waals surface area contributed by atoms with Crippen molar-refractivity contribution in [2.75, 3.05) is 19.6 Å². The van der Waals surface area contributed by atoms with Gasteiger partial charge in [-0.1, -0.05) is 36.4 Å². The molecule has 2 aliphatic rings. The fourth-order valence-corrected chi connectivity index (χ4v) is 6.13. The lowest BCUT2D eigenvalue weighted by atomic mass is 9.94. The van der Waals surface area contributed by atoms with Crippen molar-refractivity contribution in [3.63, 3.8) is 0 Å². The van der Waals surface area contributed by atoms with Crippen LogP contribution in [0.5, 0.6) is 0 Å². The van der Waals surface area contributed by atoms with Gasteiger partial charge >= 0.3 is 0 Å². The molecule has 0 aliphatic carbocycles. The van der Waals surface area contributed by atoms with Crippen molar-refractivity contribution in [2.24, 2.45) is 5.92 Å². The molecule has 2 amide bonds. The second-order valence-corrected chi connectivity index (χ2v) is 10.1. The summed E-state index contributed by atoms with van der Waals surface area (Å²) >= 11 is 1.81. The minimum absolute atomic E-state index is 0.0261. The Morgan fingerprint density at radius 2 is 1.68 bits per heavy atom. The molecule has 2 aliphatic heterocycles. The van der Waals surface area contributed by atoms with Crippen molar-refractivity contribution in [2.45, 2.75) is 38.6 Å². The third kappa shape index (κ3) is 3.87. The van der Waals surface area contributed by atoms with E-state index in [1.807, 2.05) is 58.7 Å². The van der Waals surface area contributed by atoms with Crippen LogP contribution in [0.1, 0.15) is 51.8 Å². The first kappa shape index (κ1) is 20.3. The molecular weight excluding hydrogens is 404 g/mol. The summed E-state index contributed by atoms with van der Waals surface area (Å²) in [6.07, 6.45) is 3.64. The average Bonchev–Trinajstić information content (AvgIpc) is 3.47. The number of thiophene rings is 1. The maximum Gasteiger partial charge on any atom is 0.254 e. The first-order valence-corrected chi connectivity index (χ1v) is 12.1. The minimum atomic E-state index is 0.0261. The van der Waals surface area contributed by atoms with E-state index in [9.17, 15) is 9.59 Å². The number of nitrogens with zero attached hydrogens (tertiary/aromatic N) is 2. The Balaban J connectivity index is 1.26. The largest absolute Gasteiger partial charge is 0.339 e. The van der Waals surface area contributed by atoms with Crippen molar-refractivity contribution in [1.82, 2.24) is 9.80 Å². The predicted octanol–water partition coefficient (Wildman–Crippen LogP) is 5.43. The number of hydrogen-bond acceptors (Lipinski definition) is 3. The van der Waals surface area contributed by atoms with Crippen molar-refractivity contribution in [3.8, 4) is 0 Å². The Hall–Kier alpha value is -2.66. The standard InChI is InChI=1S/C26H28N2O2S/c1-18-11-12-24(31-18)23-10-5-15-28(23)25(29)20-13-16-27(17-14-20)26(30)22-9-4-7-19-6-2-3-8-21(19)22/h2-4,6-9,11-12,20,23H,5,10,13-17H2,1H3. The Morgan fingerprint density at radius 3 is 2.45 bits per heavy atom. The van der Waals surface area contributed by atoms with Crippen molar-refractivity contribution < 1.29 is 9.59 Å². The Labute approximate surface area is 187 Å². The highest BCUT2D eigenvalue weighted by Gasteiger charge is 2.36. The topological polar surface area (TPSA) is 40.6 Å². The first-order valence-electron chi connectivity index (χ1n) is 11.3. The van der Waals surface area contributed by atoms with Crippen LogP contribution in [0.25, 0.3) is 10.8 Å². The summed E-state index contributed by atoms with van der Waals surface area (Å²) in [7, 11) is 0. The van der Waals surface area contributed by atoms with E-state index in [2.05, 4.69) is 24.0 Å². The summed E-state index contributed by atoms with van der Waals surface area (Å²) < 4.78 is 0. The zero-order valence-corrected chi connectivity index (χ0v) is 18.7. The van der Waals surface area contributed by atoms with Gasteiger partial charge in [-0.15, -0.1) is 11.3 Å². The molecule has 0 bridgehead atoms. The molecule has 1 aromatic heterocycles. The highest BCUT2D eigenvalue weighted by atomic mass is 32.1. The molecule has 5 rings (SSSR count). The van der Waals surface area contributed by atoms with E-state index < -0.39 is 0 Å². The Morgan fingerprint density at radius 1 is 0.903 bits per heavy atom.